The van der Waals surface area contributed by atoms with Gasteiger partial charge in [-0.05, 0) is 29.8 Å². The van der Waals surface area contributed by atoms with E-state index < -0.39 is 6.09 Å². The van der Waals surface area contributed by atoms with Crippen LogP contribution in [0.1, 0.15) is 18.1 Å². The van der Waals surface area contributed by atoms with Crippen LogP contribution in [0.5, 0.6) is 0 Å². The number of para-hydroxylation sites is 1. The van der Waals surface area contributed by atoms with Gasteiger partial charge >= 0.3 is 6.09 Å². The molecule has 1 unspecified atom stereocenters. The van der Waals surface area contributed by atoms with Gasteiger partial charge in [-0.25, -0.2) is 4.79 Å². The second-order valence-corrected chi connectivity index (χ2v) is 6.70. The van der Waals surface area contributed by atoms with Crippen LogP contribution >= 0.6 is 0 Å². The summed E-state index contributed by atoms with van der Waals surface area (Å²) in [6.45, 7) is 2.08. The van der Waals surface area contributed by atoms with E-state index in [2.05, 4.69) is 10.6 Å². The van der Waals surface area contributed by atoms with E-state index in [1.165, 1.54) is 11.8 Å². The first-order valence-corrected chi connectivity index (χ1v) is 8.96. The van der Waals surface area contributed by atoms with Crippen molar-refractivity contribution in [2.45, 2.75) is 13.0 Å². The molecule has 7 heteroatoms. The Kier molecular flexibility index (Phi) is 4.57. The number of rotatable bonds is 4. The molecule has 2 aliphatic heterocycles. The lowest BCUT2D eigenvalue weighted by atomic mass is 10.0. The lowest BCUT2D eigenvalue weighted by Crippen LogP contribution is -2.33. The van der Waals surface area contributed by atoms with Crippen LogP contribution in [0.25, 0.3) is 11.6 Å². The molecule has 0 radical (unpaired) electrons. The second kappa shape index (κ2) is 7.19. The minimum Gasteiger partial charge on any atom is -0.442 e. The third-order valence-electron chi connectivity index (χ3n) is 4.68. The van der Waals surface area contributed by atoms with Crippen molar-refractivity contribution in [2.75, 3.05) is 23.3 Å². The zero-order valence-electron chi connectivity index (χ0n) is 15.3. The van der Waals surface area contributed by atoms with Gasteiger partial charge in [-0.1, -0.05) is 30.3 Å². The van der Waals surface area contributed by atoms with Crippen LogP contribution in [0.4, 0.5) is 16.2 Å². The van der Waals surface area contributed by atoms with E-state index in [1.807, 2.05) is 54.6 Å². The van der Waals surface area contributed by atoms with Crippen LogP contribution < -0.4 is 15.5 Å². The van der Waals surface area contributed by atoms with Crippen molar-refractivity contribution < 1.29 is 19.1 Å². The van der Waals surface area contributed by atoms with Gasteiger partial charge in [-0.2, -0.15) is 0 Å². The Morgan fingerprint density at radius 3 is 2.71 bits per heavy atom. The van der Waals surface area contributed by atoms with E-state index in [0.29, 0.717) is 17.8 Å². The summed E-state index contributed by atoms with van der Waals surface area (Å²) in [6, 6.07) is 14.9. The summed E-state index contributed by atoms with van der Waals surface area (Å²) in [5.41, 5.74) is 3.85. The monoisotopic (exact) mass is 377 g/mol. The number of cyclic esters (lactones) is 1. The number of fused-ring (bicyclic) bond motifs is 1. The molecule has 0 aliphatic carbocycles. The molecule has 2 aliphatic rings. The first kappa shape index (κ1) is 17.8. The highest BCUT2D eigenvalue weighted by molar-refractivity contribution is 6.34. The number of hydrogen-bond acceptors (Lipinski definition) is 4. The molecule has 2 N–H and O–H groups in total. The SMILES string of the molecule is CC(=O)NCC1CN(c2ccc(/C=C3/C(=O)Nc4ccccc43)cc2)C(=O)O1. The minimum absolute atomic E-state index is 0.130. The van der Waals surface area contributed by atoms with Crippen molar-refractivity contribution in [2.24, 2.45) is 0 Å². The van der Waals surface area contributed by atoms with Crippen LogP contribution in [0.2, 0.25) is 0 Å². The van der Waals surface area contributed by atoms with Gasteiger partial charge in [0.05, 0.1) is 13.1 Å². The van der Waals surface area contributed by atoms with Gasteiger partial charge in [0.15, 0.2) is 0 Å². The van der Waals surface area contributed by atoms with Crippen LogP contribution in [-0.2, 0) is 14.3 Å². The maximum Gasteiger partial charge on any atom is 0.414 e. The Balaban J connectivity index is 1.50. The number of carbonyl (C=O) groups excluding carboxylic acids is 3. The maximum absolute atomic E-state index is 12.2. The van der Waals surface area contributed by atoms with Crippen LogP contribution in [-0.4, -0.2) is 37.1 Å². The van der Waals surface area contributed by atoms with E-state index in [0.717, 1.165) is 16.8 Å². The zero-order valence-corrected chi connectivity index (χ0v) is 15.3. The van der Waals surface area contributed by atoms with Gasteiger partial charge in [-0.3, -0.25) is 14.5 Å². The first-order valence-electron chi connectivity index (χ1n) is 8.96. The van der Waals surface area contributed by atoms with Gasteiger partial charge in [0.25, 0.3) is 5.91 Å². The fourth-order valence-corrected chi connectivity index (χ4v) is 3.30. The van der Waals surface area contributed by atoms with E-state index in [4.69, 9.17) is 4.74 Å². The molecule has 2 aromatic rings. The maximum atomic E-state index is 12.2. The molecule has 28 heavy (non-hydrogen) atoms. The number of anilines is 2. The number of nitrogens with zero attached hydrogens (tertiary/aromatic N) is 1. The number of benzene rings is 2. The summed E-state index contributed by atoms with van der Waals surface area (Å²) in [5.74, 6) is -0.293. The molecule has 2 heterocycles. The first-order chi connectivity index (χ1) is 13.5. The number of carbonyl (C=O) groups is 3. The smallest absolute Gasteiger partial charge is 0.414 e. The number of amides is 3. The summed E-state index contributed by atoms with van der Waals surface area (Å²) in [5, 5.41) is 5.50. The summed E-state index contributed by atoms with van der Waals surface area (Å²) in [6.07, 6.45) is 1.01. The lowest BCUT2D eigenvalue weighted by molar-refractivity contribution is -0.119. The molecule has 142 valence electrons. The molecular weight excluding hydrogens is 358 g/mol. The Morgan fingerprint density at radius 2 is 1.96 bits per heavy atom. The second-order valence-electron chi connectivity index (χ2n) is 6.70. The molecule has 1 atom stereocenters. The molecule has 4 rings (SSSR count). The summed E-state index contributed by atoms with van der Waals surface area (Å²) >= 11 is 0. The van der Waals surface area contributed by atoms with Crippen LogP contribution in [0.3, 0.4) is 0 Å². The van der Waals surface area contributed by atoms with Crippen molar-refractivity contribution in [1.82, 2.24) is 5.32 Å². The molecule has 2 aromatic carbocycles. The Hall–Kier alpha value is -3.61. The molecule has 0 saturated carbocycles. The highest BCUT2D eigenvalue weighted by atomic mass is 16.6. The van der Waals surface area contributed by atoms with Gasteiger partial charge < -0.3 is 15.4 Å². The highest BCUT2D eigenvalue weighted by Crippen LogP contribution is 2.33. The average molecular weight is 377 g/mol. The van der Waals surface area contributed by atoms with Gasteiger partial charge in [-0.15, -0.1) is 0 Å². The third kappa shape index (κ3) is 3.46. The van der Waals surface area contributed by atoms with Crippen molar-refractivity contribution in [1.29, 1.82) is 0 Å². The van der Waals surface area contributed by atoms with E-state index in [-0.39, 0.29) is 24.5 Å². The van der Waals surface area contributed by atoms with Crippen molar-refractivity contribution in [3.63, 3.8) is 0 Å². The largest absolute Gasteiger partial charge is 0.442 e. The van der Waals surface area contributed by atoms with Crippen molar-refractivity contribution in [3.05, 3.63) is 59.7 Å². The Bertz CT molecular complexity index is 981. The van der Waals surface area contributed by atoms with Gasteiger partial charge in [0.2, 0.25) is 5.91 Å². The average Bonchev–Trinajstić information content (AvgIpc) is 3.20. The standard InChI is InChI=1S/C21H19N3O4/c1-13(25)22-11-16-12-24(21(27)28-16)15-8-6-14(7-9-15)10-18-17-4-2-3-5-19(17)23-20(18)26/h2-10,16H,11-12H2,1H3,(H,22,25)(H,23,26)/b18-10+. The molecule has 0 bridgehead atoms. The normalized spacial score (nSPS) is 19.4. The summed E-state index contributed by atoms with van der Waals surface area (Å²) in [7, 11) is 0. The van der Waals surface area contributed by atoms with Crippen LogP contribution in [0, 0.1) is 0 Å². The Morgan fingerprint density at radius 1 is 1.21 bits per heavy atom. The third-order valence-corrected chi connectivity index (χ3v) is 4.68. The predicted molar refractivity (Wildman–Crippen MR) is 106 cm³/mol. The summed E-state index contributed by atoms with van der Waals surface area (Å²) in [4.78, 5) is 36.9. The van der Waals surface area contributed by atoms with Gasteiger partial charge in [0.1, 0.15) is 6.10 Å². The van der Waals surface area contributed by atoms with Gasteiger partial charge in [0, 0.05) is 29.4 Å². The van der Waals surface area contributed by atoms with Crippen molar-refractivity contribution in [3.8, 4) is 0 Å². The molecule has 0 aromatic heterocycles. The molecule has 7 nitrogen and oxygen atoms in total. The molecule has 1 fully saturated rings. The fraction of sp³-hybridized carbons (Fsp3) is 0.190. The quantitative estimate of drug-likeness (QED) is 0.802. The lowest BCUT2D eigenvalue weighted by Gasteiger charge is -2.13. The summed E-state index contributed by atoms with van der Waals surface area (Å²) < 4.78 is 5.28. The zero-order chi connectivity index (χ0) is 19.7. The number of ether oxygens (including phenoxy) is 1. The number of hydrogen-bond donors (Lipinski definition) is 2. The predicted octanol–water partition coefficient (Wildman–Crippen LogP) is 2.64. The molecular formula is C21H19N3O4. The molecule has 0 spiro atoms. The number of nitrogens with one attached hydrogen (secondary N) is 2. The molecule has 3 amide bonds. The van der Waals surface area contributed by atoms with Crippen LogP contribution in [0.15, 0.2) is 48.5 Å². The fourth-order valence-electron chi connectivity index (χ4n) is 3.30. The van der Waals surface area contributed by atoms with Crippen molar-refractivity contribution >= 4 is 40.9 Å². The Labute approximate surface area is 162 Å². The highest BCUT2D eigenvalue weighted by Gasteiger charge is 2.32. The van der Waals surface area contributed by atoms with E-state index >= 15 is 0 Å². The van der Waals surface area contributed by atoms with E-state index in [1.54, 1.807) is 0 Å². The minimum atomic E-state index is -0.439. The van der Waals surface area contributed by atoms with E-state index in [9.17, 15) is 14.4 Å². The topological polar surface area (TPSA) is 87.7 Å². The molecule has 1 saturated heterocycles.